The first kappa shape index (κ1) is 26.3. The number of fused-ring (bicyclic) bond motifs is 1. The van der Waals surface area contributed by atoms with Gasteiger partial charge in [-0.2, -0.15) is 4.39 Å². The van der Waals surface area contributed by atoms with Crippen LogP contribution >= 0.6 is 0 Å². The molecule has 0 aromatic heterocycles. The van der Waals surface area contributed by atoms with Gasteiger partial charge in [0, 0.05) is 18.9 Å². The first-order valence-electron chi connectivity index (χ1n) is 11.7. The molecule has 4 rings (SSSR count). The fourth-order valence-electron chi connectivity index (χ4n) is 4.28. The smallest absolute Gasteiger partial charge is 0.411 e. The van der Waals surface area contributed by atoms with Gasteiger partial charge < -0.3 is 15.2 Å². The maximum absolute atomic E-state index is 13.7. The molecule has 0 unspecified atom stereocenters. The van der Waals surface area contributed by atoms with Crippen molar-refractivity contribution in [1.29, 1.82) is 0 Å². The second kappa shape index (κ2) is 11.5. The number of nitrogens with one attached hydrogen (secondary N) is 1. The average molecular weight is 522 g/mol. The number of halogens is 1. The van der Waals surface area contributed by atoms with Crippen molar-refractivity contribution in [2.24, 2.45) is 0 Å². The number of benzene rings is 3. The summed E-state index contributed by atoms with van der Waals surface area (Å²) in [7, 11) is 0. The number of aliphatic carboxylic acids is 1. The third-order valence-electron chi connectivity index (χ3n) is 6.25. The second-order valence-electron chi connectivity index (χ2n) is 8.80. The zero-order valence-corrected chi connectivity index (χ0v) is 20.1. The molecule has 11 heteroatoms. The molecule has 0 spiro atoms. The van der Waals surface area contributed by atoms with Crippen LogP contribution in [-0.2, 0) is 40.3 Å². The lowest BCUT2D eigenvalue weighted by molar-refractivity contribution is -0.387. The van der Waals surface area contributed by atoms with Crippen molar-refractivity contribution in [2.75, 3.05) is 0 Å². The van der Waals surface area contributed by atoms with E-state index in [4.69, 9.17) is 4.74 Å². The fraction of sp³-hybridized carbons (Fsp3) is 0.222. The molecule has 10 nitrogen and oxygen atoms in total. The van der Waals surface area contributed by atoms with Gasteiger partial charge >= 0.3 is 17.7 Å². The summed E-state index contributed by atoms with van der Waals surface area (Å²) in [6, 6.07) is 16.8. The van der Waals surface area contributed by atoms with Crippen LogP contribution in [0.3, 0.4) is 0 Å². The van der Waals surface area contributed by atoms with Gasteiger partial charge in [-0.05, 0) is 28.3 Å². The van der Waals surface area contributed by atoms with Crippen LogP contribution in [0.15, 0.2) is 72.8 Å². The zero-order chi connectivity index (χ0) is 27.2. The van der Waals surface area contributed by atoms with Crippen molar-refractivity contribution in [3.8, 4) is 0 Å². The van der Waals surface area contributed by atoms with Gasteiger partial charge in [0.25, 0.3) is 0 Å². The van der Waals surface area contributed by atoms with Gasteiger partial charge in [-0.1, -0.05) is 60.7 Å². The minimum atomic E-state index is -1.48. The highest BCUT2D eigenvalue weighted by atomic mass is 19.1. The number of hydrogen-bond donors (Lipinski definition) is 2. The normalized spacial score (nSPS) is 15.2. The molecular weight excluding hydrogens is 497 g/mol. The van der Waals surface area contributed by atoms with E-state index in [1.807, 2.05) is 24.3 Å². The largest absolute Gasteiger partial charge is 0.480 e. The third-order valence-corrected chi connectivity index (χ3v) is 6.25. The number of nitro groups is 1. The number of carboxylic acids is 1. The molecule has 3 aromatic carbocycles. The Morgan fingerprint density at radius 1 is 1.05 bits per heavy atom. The summed E-state index contributed by atoms with van der Waals surface area (Å²) in [5.74, 6) is -3.17. The quantitative estimate of drug-likeness (QED) is 0.341. The van der Waals surface area contributed by atoms with E-state index in [0.717, 1.165) is 28.8 Å². The summed E-state index contributed by atoms with van der Waals surface area (Å²) in [6.45, 7) is 0.0804. The van der Waals surface area contributed by atoms with E-state index in [-0.39, 0.29) is 31.6 Å². The maximum Gasteiger partial charge on any atom is 0.411 e. The number of hydrogen-bond acceptors (Lipinski definition) is 6. The molecule has 196 valence electrons. The fourth-order valence-corrected chi connectivity index (χ4v) is 4.28. The lowest BCUT2D eigenvalue weighted by Crippen LogP contribution is -2.56. The van der Waals surface area contributed by atoms with Gasteiger partial charge in [-0.15, -0.1) is 0 Å². The van der Waals surface area contributed by atoms with Crippen LogP contribution in [0.4, 0.5) is 14.9 Å². The van der Waals surface area contributed by atoms with E-state index in [1.54, 1.807) is 30.3 Å². The van der Waals surface area contributed by atoms with Crippen molar-refractivity contribution >= 4 is 23.7 Å². The Bertz CT molecular complexity index is 1370. The highest BCUT2D eigenvalue weighted by Crippen LogP contribution is 2.25. The summed E-state index contributed by atoms with van der Waals surface area (Å²) < 4.78 is 19.2. The van der Waals surface area contributed by atoms with Gasteiger partial charge in [0.1, 0.15) is 18.7 Å². The number of nitrogens with zero attached hydrogens (tertiary/aromatic N) is 2. The Morgan fingerprint density at radius 3 is 2.42 bits per heavy atom. The molecule has 0 radical (unpaired) electrons. The van der Waals surface area contributed by atoms with Crippen LogP contribution in [0.2, 0.25) is 0 Å². The van der Waals surface area contributed by atoms with Crippen molar-refractivity contribution in [2.45, 2.75) is 38.1 Å². The van der Waals surface area contributed by atoms with Crippen LogP contribution in [-0.4, -0.2) is 45.0 Å². The van der Waals surface area contributed by atoms with E-state index in [9.17, 15) is 34.0 Å². The summed E-state index contributed by atoms with van der Waals surface area (Å²) in [5.41, 5.74) is 1.79. The standard InChI is InChI=1S/C27H24FN3O7/c28-21-11-10-18(13-23(21)31(36)37)12-22(26(33)34)29-25(32)24-14-19-8-4-5-9-20(19)15-30(24)27(35)38-16-17-6-2-1-3-7-17/h1-11,13,22,24H,12,14-16H2,(H,29,32)(H,33,34)/t22-,24+/m1/s1. The minimum Gasteiger partial charge on any atom is -0.480 e. The first-order valence-corrected chi connectivity index (χ1v) is 11.7. The van der Waals surface area contributed by atoms with Crippen LogP contribution in [0.25, 0.3) is 0 Å². The molecule has 0 saturated carbocycles. The number of carbonyl (C=O) groups excluding carboxylic acids is 2. The van der Waals surface area contributed by atoms with E-state index in [0.29, 0.717) is 0 Å². The molecule has 1 heterocycles. The Labute approximate surface area is 216 Å². The van der Waals surface area contributed by atoms with Gasteiger partial charge in [0.15, 0.2) is 0 Å². The molecule has 3 aromatic rings. The lowest BCUT2D eigenvalue weighted by atomic mass is 9.93. The molecule has 0 saturated heterocycles. The monoisotopic (exact) mass is 521 g/mol. The predicted molar refractivity (Wildman–Crippen MR) is 132 cm³/mol. The molecule has 1 aliphatic rings. The highest BCUT2D eigenvalue weighted by Gasteiger charge is 2.37. The van der Waals surface area contributed by atoms with Crippen LogP contribution < -0.4 is 5.32 Å². The molecular formula is C27H24FN3O7. The number of ether oxygens (including phenoxy) is 1. The Hall–Kier alpha value is -4.80. The molecule has 2 N–H and O–H groups in total. The van der Waals surface area contributed by atoms with Crippen molar-refractivity contribution < 1.29 is 33.5 Å². The maximum atomic E-state index is 13.7. The number of nitro benzene ring substituents is 1. The zero-order valence-electron chi connectivity index (χ0n) is 20.1. The van der Waals surface area contributed by atoms with Gasteiger partial charge in [-0.25, -0.2) is 9.59 Å². The van der Waals surface area contributed by atoms with Crippen molar-refractivity contribution in [3.63, 3.8) is 0 Å². The minimum absolute atomic E-state index is 0.00669. The lowest BCUT2D eigenvalue weighted by Gasteiger charge is -2.35. The number of amides is 2. The average Bonchev–Trinajstić information content (AvgIpc) is 2.91. The molecule has 0 fully saturated rings. The third kappa shape index (κ3) is 6.12. The van der Waals surface area contributed by atoms with E-state index >= 15 is 0 Å². The number of carboxylic acid groups (broad SMARTS) is 1. The van der Waals surface area contributed by atoms with Gasteiger partial charge in [0.2, 0.25) is 11.7 Å². The van der Waals surface area contributed by atoms with E-state index in [1.165, 1.54) is 11.0 Å². The van der Waals surface area contributed by atoms with Crippen LogP contribution in [0.1, 0.15) is 22.3 Å². The summed E-state index contributed by atoms with van der Waals surface area (Å²) in [6.07, 6.45) is -0.926. The SMILES string of the molecule is O=C(O)[C@@H](Cc1ccc(F)c([N+](=O)[O-])c1)NC(=O)[C@@H]1Cc2ccccc2CN1C(=O)OCc1ccccc1. The van der Waals surface area contributed by atoms with Gasteiger partial charge in [0.05, 0.1) is 11.5 Å². The van der Waals surface area contributed by atoms with Gasteiger partial charge in [-0.3, -0.25) is 19.8 Å². The molecule has 0 aliphatic carbocycles. The summed E-state index contributed by atoms with van der Waals surface area (Å²) >= 11 is 0. The molecule has 0 bridgehead atoms. The molecule has 1 aliphatic heterocycles. The predicted octanol–water partition coefficient (Wildman–Crippen LogP) is 3.61. The van der Waals surface area contributed by atoms with E-state index < -0.39 is 46.5 Å². The molecule has 38 heavy (non-hydrogen) atoms. The van der Waals surface area contributed by atoms with Crippen LogP contribution in [0, 0.1) is 15.9 Å². The first-order chi connectivity index (χ1) is 18.2. The topological polar surface area (TPSA) is 139 Å². The highest BCUT2D eigenvalue weighted by molar-refractivity contribution is 5.90. The number of rotatable bonds is 8. The van der Waals surface area contributed by atoms with E-state index in [2.05, 4.69) is 5.32 Å². The second-order valence-corrected chi connectivity index (χ2v) is 8.80. The molecule has 2 atom stereocenters. The molecule has 2 amide bonds. The summed E-state index contributed by atoms with van der Waals surface area (Å²) in [4.78, 5) is 49.7. The van der Waals surface area contributed by atoms with Crippen molar-refractivity contribution in [1.82, 2.24) is 10.2 Å². The van der Waals surface area contributed by atoms with Crippen LogP contribution in [0.5, 0.6) is 0 Å². The Morgan fingerprint density at radius 2 is 1.74 bits per heavy atom. The summed E-state index contributed by atoms with van der Waals surface area (Å²) in [5, 5.41) is 23.2. The number of carbonyl (C=O) groups is 3. The Balaban J connectivity index is 1.53. The van der Waals surface area contributed by atoms with Crippen molar-refractivity contribution in [3.05, 3.63) is 111 Å². The Kier molecular flexibility index (Phi) is 7.95.